The predicted octanol–water partition coefficient (Wildman–Crippen LogP) is 5.69. The van der Waals surface area contributed by atoms with E-state index in [1.807, 2.05) is 20.8 Å². The van der Waals surface area contributed by atoms with Gasteiger partial charge in [0.05, 0.1) is 23.5 Å². The normalized spacial score (nSPS) is 18.0. The summed E-state index contributed by atoms with van der Waals surface area (Å²) in [4.78, 5) is 19.7. The molecule has 0 spiro atoms. The lowest BCUT2D eigenvalue weighted by Gasteiger charge is -2.18. The van der Waals surface area contributed by atoms with Crippen LogP contribution >= 0.6 is 0 Å². The van der Waals surface area contributed by atoms with Crippen LogP contribution in [0.4, 0.5) is 18.9 Å². The standard InChI is InChI=1S/C28H29F3N6O/c1-17-6-7-21(12-26(17)37-16-25(34-35-37)24-14-32-19(3)18(24)2)27(38)33-23-11-20(15-36-8-4-5-9-36)10-22(13-23)28(29,30)31/h6-7,10-14,16,19H,4-5,8-9,15H2,1-3H3,(H,33,38). The average Bonchev–Trinajstić information content (AvgIpc) is 3.62. The molecular formula is C28H29F3N6O. The van der Waals surface area contributed by atoms with Gasteiger partial charge in [0.25, 0.3) is 5.91 Å². The first-order chi connectivity index (χ1) is 18.1. The van der Waals surface area contributed by atoms with Crippen LogP contribution in [0.3, 0.4) is 0 Å². The Morgan fingerprint density at radius 1 is 1.11 bits per heavy atom. The summed E-state index contributed by atoms with van der Waals surface area (Å²) < 4.78 is 42.4. The molecule has 1 amide bonds. The second kappa shape index (κ2) is 10.2. The fraction of sp³-hybridized carbons (Fsp3) is 0.357. The fourth-order valence-corrected chi connectivity index (χ4v) is 4.82. The lowest BCUT2D eigenvalue weighted by atomic mass is 10.1. The van der Waals surface area contributed by atoms with Crippen molar-refractivity contribution < 1.29 is 18.0 Å². The third-order valence-corrected chi connectivity index (χ3v) is 7.15. The number of carbonyl (C=O) groups is 1. The minimum atomic E-state index is -4.52. The van der Waals surface area contributed by atoms with E-state index in [1.54, 1.807) is 41.4 Å². The smallest absolute Gasteiger partial charge is 0.322 e. The van der Waals surface area contributed by atoms with Crippen LogP contribution in [0.25, 0.3) is 11.3 Å². The number of hydrogen-bond donors (Lipinski definition) is 1. The molecule has 0 aliphatic carbocycles. The van der Waals surface area contributed by atoms with Gasteiger partial charge < -0.3 is 5.32 Å². The van der Waals surface area contributed by atoms with Gasteiger partial charge in [0.1, 0.15) is 5.69 Å². The van der Waals surface area contributed by atoms with Crippen LogP contribution in [-0.4, -0.2) is 51.1 Å². The van der Waals surface area contributed by atoms with Crippen molar-refractivity contribution in [2.45, 2.75) is 52.4 Å². The highest BCUT2D eigenvalue weighted by Crippen LogP contribution is 2.33. The van der Waals surface area contributed by atoms with Crippen molar-refractivity contribution in [1.82, 2.24) is 19.9 Å². The highest BCUT2D eigenvalue weighted by molar-refractivity contribution is 6.12. The number of aromatic nitrogens is 3. The zero-order valence-corrected chi connectivity index (χ0v) is 21.5. The van der Waals surface area contributed by atoms with Crippen LogP contribution in [0.15, 0.2) is 53.2 Å². The van der Waals surface area contributed by atoms with Crippen molar-refractivity contribution in [1.29, 1.82) is 0 Å². The van der Waals surface area contributed by atoms with Crippen molar-refractivity contribution in [3.63, 3.8) is 0 Å². The molecule has 1 saturated heterocycles. The zero-order valence-electron chi connectivity index (χ0n) is 21.5. The van der Waals surface area contributed by atoms with Gasteiger partial charge >= 0.3 is 6.18 Å². The van der Waals surface area contributed by atoms with E-state index in [1.165, 1.54) is 0 Å². The number of nitrogens with zero attached hydrogens (tertiary/aromatic N) is 5. The molecule has 5 rings (SSSR count). The van der Waals surface area contributed by atoms with Gasteiger partial charge in [-0.1, -0.05) is 11.3 Å². The summed E-state index contributed by atoms with van der Waals surface area (Å²) in [5.41, 5.74) is 4.37. The molecule has 2 aromatic carbocycles. The molecule has 1 N–H and O–H groups in total. The molecule has 7 nitrogen and oxygen atoms in total. The third-order valence-electron chi connectivity index (χ3n) is 7.15. The molecule has 38 heavy (non-hydrogen) atoms. The number of likely N-dealkylation sites (tertiary alicyclic amines) is 1. The van der Waals surface area contributed by atoms with E-state index in [4.69, 9.17) is 0 Å². The first-order valence-electron chi connectivity index (χ1n) is 12.6. The van der Waals surface area contributed by atoms with E-state index < -0.39 is 17.6 Å². The van der Waals surface area contributed by atoms with Gasteiger partial charge in [-0.05, 0) is 93.7 Å². The molecule has 3 heterocycles. The van der Waals surface area contributed by atoms with E-state index in [0.29, 0.717) is 29.1 Å². The Bertz CT molecular complexity index is 1430. The fourth-order valence-electron chi connectivity index (χ4n) is 4.82. The first-order valence-corrected chi connectivity index (χ1v) is 12.6. The monoisotopic (exact) mass is 522 g/mol. The molecular weight excluding hydrogens is 493 g/mol. The third kappa shape index (κ3) is 5.40. The summed E-state index contributed by atoms with van der Waals surface area (Å²) in [5.74, 6) is -0.506. The Labute approximate surface area is 219 Å². The predicted molar refractivity (Wildman–Crippen MR) is 141 cm³/mol. The summed E-state index contributed by atoms with van der Waals surface area (Å²) in [6.07, 6.45) is 1.13. The van der Waals surface area contributed by atoms with Gasteiger partial charge in [-0.3, -0.25) is 14.7 Å². The zero-order chi connectivity index (χ0) is 27.0. The molecule has 3 aromatic rings. The number of nitrogens with one attached hydrogen (secondary N) is 1. The summed E-state index contributed by atoms with van der Waals surface area (Å²) >= 11 is 0. The first kappa shape index (κ1) is 25.8. The Morgan fingerprint density at radius 3 is 2.55 bits per heavy atom. The number of rotatable bonds is 6. The van der Waals surface area contributed by atoms with Crippen LogP contribution in [-0.2, 0) is 12.7 Å². The summed E-state index contributed by atoms with van der Waals surface area (Å²) in [5, 5.41) is 11.2. The topological polar surface area (TPSA) is 75.4 Å². The van der Waals surface area contributed by atoms with Crippen LogP contribution in [0.5, 0.6) is 0 Å². The maximum absolute atomic E-state index is 13.6. The minimum absolute atomic E-state index is 0.0932. The number of carbonyl (C=O) groups excluding carboxylic acids is 1. The summed E-state index contributed by atoms with van der Waals surface area (Å²) in [6.45, 7) is 8.03. The van der Waals surface area contributed by atoms with Crippen LogP contribution < -0.4 is 5.32 Å². The van der Waals surface area contributed by atoms with Gasteiger partial charge in [0.15, 0.2) is 0 Å². The van der Waals surface area contributed by atoms with Crippen molar-refractivity contribution in [3.8, 4) is 5.69 Å². The maximum atomic E-state index is 13.6. The van der Waals surface area contributed by atoms with Gasteiger partial charge in [0.2, 0.25) is 0 Å². The minimum Gasteiger partial charge on any atom is -0.322 e. The average molecular weight is 523 g/mol. The number of alkyl halides is 3. The molecule has 0 radical (unpaired) electrons. The second-order valence-electron chi connectivity index (χ2n) is 9.95. The molecule has 0 saturated carbocycles. The van der Waals surface area contributed by atoms with E-state index in [-0.39, 0.29) is 11.7 Å². The Kier molecular flexibility index (Phi) is 6.92. The summed E-state index contributed by atoms with van der Waals surface area (Å²) in [7, 11) is 0. The number of hydrogen-bond acceptors (Lipinski definition) is 5. The number of aryl methyl sites for hydroxylation is 1. The quantitative estimate of drug-likeness (QED) is 0.451. The lowest BCUT2D eigenvalue weighted by Crippen LogP contribution is -2.20. The number of amides is 1. The highest BCUT2D eigenvalue weighted by Gasteiger charge is 2.31. The summed E-state index contributed by atoms with van der Waals surface area (Å²) in [6, 6.07) is 8.93. The van der Waals surface area contributed by atoms with Crippen molar-refractivity contribution >= 4 is 23.4 Å². The lowest BCUT2D eigenvalue weighted by molar-refractivity contribution is -0.137. The molecule has 2 aliphatic rings. The van der Waals surface area contributed by atoms with Gasteiger partial charge in [-0.2, -0.15) is 13.2 Å². The van der Waals surface area contributed by atoms with Crippen LogP contribution in [0.1, 0.15) is 59.4 Å². The number of halogens is 3. The largest absolute Gasteiger partial charge is 0.416 e. The van der Waals surface area contributed by atoms with Gasteiger partial charge in [-0.25, -0.2) is 4.68 Å². The molecule has 198 valence electrons. The Morgan fingerprint density at radius 2 is 1.87 bits per heavy atom. The molecule has 1 unspecified atom stereocenters. The van der Waals surface area contributed by atoms with E-state index in [9.17, 15) is 18.0 Å². The van der Waals surface area contributed by atoms with E-state index in [2.05, 4.69) is 25.5 Å². The number of allylic oxidation sites excluding steroid dienone is 1. The van der Waals surface area contributed by atoms with Crippen LogP contribution in [0, 0.1) is 6.92 Å². The van der Waals surface area contributed by atoms with Crippen LogP contribution in [0.2, 0.25) is 0 Å². The molecule has 1 fully saturated rings. The Balaban J connectivity index is 1.40. The highest BCUT2D eigenvalue weighted by atomic mass is 19.4. The molecule has 0 bridgehead atoms. The maximum Gasteiger partial charge on any atom is 0.416 e. The van der Waals surface area contributed by atoms with Gasteiger partial charge in [-0.15, -0.1) is 5.10 Å². The Hall–Kier alpha value is -3.79. The molecule has 1 aromatic heterocycles. The number of anilines is 1. The molecule has 2 aliphatic heterocycles. The van der Waals surface area contributed by atoms with Crippen molar-refractivity contribution in [2.75, 3.05) is 18.4 Å². The number of aliphatic imine (C=N–C) groups is 1. The van der Waals surface area contributed by atoms with E-state index in [0.717, 1.165) is 54.8 Å². The SMILES string of the molecule is CC1=C(c2cn(-c3cc(C(=O)Nc4cc(CN5CCCC5)cc(C(F)(F)F)c4)ccc3C)nn2)C=NC1C. The van der Waals surface area contributed by atoms with Crippen molar-refractivity contribution in [2.24, 2.45) is 4.99 Å². The second-order valence-corrected chi connectivity index (χ2v) is 9.95. The molecule has 1 atom stereocenters. The van der Waals surface area contributed by atoms with Crippen molar-refractivity contribution in [3.05, 3.63) is 76.1 Å². The van der Waals surface area contributed by atoms with Gasteiger partial charge in [0, 0.05) is 29.6 Å². The number of benzene rings is 2. The van der Waals surface area contributed by atoms with E-state index >= 15 is 0 Å². The molecule has 10 heteroatoms.